The second-order valence-corrected chi connectivity index (χ2v) is 10.3. The molecular weight excluding hydrogens is 536 g/mol. The Balaban J connectivity index is 1.21. The molecule has 9 nitrogen and oxygen atoms in total. The number of carbonyl (C=O) groups excluding carboxylic acids is 2. The Morgan fingerprint density at radius 2 is 1.48 bits per heavy atom. The molecule has 9 heteroatoms. The maximum absolute atomic E-state index is 13.2. The number of ether oxygens (including phenoxy) is 1. The molecular formula is C33H30N2O7. The van der Waals surface area contributed by atoms with Gasteiger partial charge in [0, 0.05) is 30.9 Å². The molecule has 1 fully saturated rings. The lowest BCUT2D eigenvalue weighted by molar-refractivity contribution is -0.151. The van der Waals surface area contributed by atoms with E-state index in [1.165, 1.54) is 48.0 Å². The number of amides is 1. The minimum Gasteiger partial charge on any atom is -0.504 e. The molecule has 0 radical (unpaired) electrons. The predicted octanol–water partition coefficient (Wildman–Crippen LogP) is 4.80. The third kappa shape index (κ3) is 6.87. The molecule has 0 aliphatic heterocycles. The topological polar surface area (TPSA) is 149 Å². The van der Waals surface area contributed by atoms with Crippen molar-refractivity contribution in [3.05, 3.63) is 108 Å². The second-order valence-electron chi connectivity index (χ2n) is 10.3. The Bertz CT molecular complexity index is 1600. The van der Waals surface area contributed by atoms with E-state index in [-0.39, 0.29) is 35.5 Å². The fourth-order valence-electron chi connectivity index (χ4n) is 4.88. The number of aromatic nitrogens is 1. The van der Waals surface area contributed by atoms with Gasteiger partial charge >= 0.3 is 5.97 Å². The summed E-state index contributed by atoms with van der Waals surface area (Å²) in [4.78, 5) is 29.9. The van der Waals surface area contributed by atoms with Gasteiger partial charge in [0.05, 0.1) is 0 Å². The molecule has 0 saturated heterocycles. The van der Waals surface area contributed by atoms with Crippen LogP contribution < -0.4 is 5.32 Å². The molecule has 1 aliphatic carbocycles. The number of nitrogens with one attached hydrogen (secondary N) is 1. The number of aromatic hydroxyl groups is 4. The molecule has 42 heavy (non-hydrogen) atoms. The third-order valence-electron chi connectivity index (χ3n) is 7.30. The van der Waals surface area contributed by atoms with Crippen molar-refractivity contribution in [1.29, 1.82) is 0 Å². The van der Waals surface area contributed by atoms with Crippen molar-refractivity contribution in [2.75, 3.05) is 0 Å². The quantitative estimate of drug-likeness (QED) is 0.110. The van der Waals surface area contributed by atoms with Crippen LogP contribution in [0, 0.1) is 0 Å². The van der Waals surface area contributed by atoms with E-state index in [1.54, 1.807) is 12.4 Å². The van der Waals surface area contributed by atoms with E-state index in [4.69, 9.17) is 4.74 Å². The summed E-state index contributed by atoms with van der Waals surface area (Å²) in [6.07, 6.45) is 6.29. The van der Waals surface area contributed by atoms with Gasteiger partial charge < -0.3 is 30.5 Å². The summed E-state index contributed by atoms with van der Waals surface area (Å²) in [5.74, 6) is -2.23. The van der Waals surface area contributed by atoms with Crippen LogP contribution in [-0.4, -0.2) is 49.4 Å². The van der Waals surface area contributed by atoms with E-state index in [9.17, 15) is 30.0 Å². The van der Waals surface area contributed by atoms with E-state index in [0.29, 0.717) is 17.0 Å². The zero-order valence-electron chi connectivity index (χ0n) is 22.6. The Morgan fingerprint density at radius 3 is 2.14 bits per heavy atom. The average Bonchev–Trinajstić information content (AvgIpc) is 2.97. The van der Waals surface area contributed by atoms with E-state index in [1.807, 2.05) is 12.1 Å². The minimum absolute atomic E-state index is 0.0220. The molecule has 0 bridgehead atoms. The van der Waals surface area contributed by atoms with Crippen molar-refractivity contribution >= 4 is 18.0 Å². The third-order valence-corrected chi connectivity index (χ3v) is 7.30. The molecule has 1 amide bonds. The van der Waals surface area contributed by atoms with Gasteiger partial charge in [-0.05, 0) is 89.1 Å². The number of esters is 1. The first-order valence-electron chi connectivity index (χ1n) is 13.5. The van der Waals surface area contributed by atoms with Crippen LogP contribution in [0.2, 0.25) is 0 Å². The Hall–Kier alpha value is -5.31. The summed E-state index contributed by atoms with van der Waals surface area (Å²) in [6.45, 7) is 0. The first kappa shape index (κ1) is 28.2. The van der Waals surface area contributed by atoms with Gasteiger partial charge in [0.2, 0.25) is 0 Å². The standard InChI is InChI=1S/C33H30N2O7/c36-27-8-1-20(15-29(27)38)3-10-32(40)42-31(17-21-2-9-28(37)30(39)16-21)33(41)35-26-18-25(19-26)23-6-4-22(5-7-23)24-11-13-34-14-12-24/h1-16,25-26,31,36-39H,17-19H2,(H,35,41)/b10-3+/t25?,26?,31-/m1/s1. The molecule has 5 N–H and O–H groups in total. The number of hydrogen-bond acceptors (Lipinski definition) is 8. The summed E-state index contributed by atoms with van der Waals surface area (Å²) >= 11 is 0. The first-order chi connectivity index (χ1) is 20.2. The number of phenols is 4. The minimum atomic E-state index is -1.20. The van der Waals surface area contributed by atoms with Crippen molar-refractivity contribution in [1.82, 2.24) is 10.3 Å². The average molecular weight is 567 g/mol. The monoisotopic (exact) mass is 566 g/mol. The normalized spacial score (nSPS) is 16.9. The fourth-order valence-corrected chi connectivity index (χ4v) is 4.88. The molecule has 1 atom stereocenters. The lowest BCUT2D eigenvalue weighted by Crippen LogP contribution is -2.48. The first-order valence-corrected chi connectivity index (χ1v) is 13.5. The molecule has 3 aromatic carbocycles. The van der Waals surface area contributed by atoms with Gasteiger partial charge in [0.1, 0.15) is 0 Å². The van der Waals surface area contributed by atoms with Crippen LogP contribution in [0.5, 0.6) is 23.0 Å². The maximum Gasteiger partial charge on any atom is 0.331 e. The smallest absolute Gasteiger partial charge is 0.331 e. The predicted molar refractivity (Wildman–Crippen MR) is 156 cm³/mol. The Kier molecular flexibility index (Phi) is 8.38. The number of benzene rings is 3. The van der Waals surface area contributed by atoms with Crippen LogP contribution in [0.15, 0.2) is 91.3 Å². The number of pyridine rings is 1. The van der Waals surface area contributed by atoms with Crippen LogP contribution in [0.1, 0.15) is 35.4 Å². The van der Waals surface area contributed by atoms with Crippen LogP contribution >= 0.6 is 0 Å². The number of carbonyl (C=O) groups is 2. The van der Waals surface area contributed by atoms with Crippen molar-refractivity contribution in [3.8, 4) is 34.1 Å². The maximum atomic E-state index is 13.2. The summed E-state index contributed by atoms with van der Waals surface area (Å²) in [5, 5.41) is 41.6. The lowest BCUT2D eigenvalue weighted by atomic mass is 9.75. The summed E-state index contributed by atoms with van der Waals surface area (Å²) in [6, 6.07) is 20.4. The number of hydrogen-bond donors (Lipinski definition) is 5. The number of rotatable bonds is 9. The molecule has 4 aromatic rings. The molecule has 1 saturated carbocycles. The highest BCUT2D eigenvalue weighted by Crippen LogP contribution is 2.38. The van der Waals surface area contributed by atoms with Crippen LogP contribution in [0.25, 0.3) is 17.2 Å². The van der Waals surface area contributed by atoms with Crippen molar-refractivity contribution in [2.45, 2.75) is 37.3 Å². The molecule has 0 unspecified atom stereocenters. The fraction of sp³-hybridized carbons (Fsp3) is 0.182. The molecule has 1 heterocycles. The van der Waals surface area contributed by atoms with Gasteiger partial charge in [-0.3, -0.25) is 9.78 Å². The van der Waals surface area contributed by atoms with E-state index < -0.39 is 18.0 Å². The largest absolute Gasteiger partial charge is 0.504 e. The van der Waals surface area contributed by atoms with Crippen LogP contribution in [0.4, 0.5) is 0 Å². The van der Waals surface area contributed by atoms with Crippen molar-refractivity contribution in [3.63, 3.8) is 0 Å². The zero-order valence-corrected chi connectivity index (χ0v) is 22.6. The van der Waals surface area contributed by atoms with Gasteiger partial charge in [-0.1, -0.05) is 36.4 Å². The summed E-state index contributed by atoms with van der Waals surface area (Å²) in [5.41, 5.74) is 4.32. The highest BCUT2D eigenvalue weighted by Gasteiger charge is 2.34. The van der Waals surface area contributed by atoms with E-state index in [2.05, 4.69) is 34.6 Å². The molecule has 0 spiro atoms. The van der Waals surface area contributed by atoms with Gasteiger partial charge in [0.15, 0.2) is 29.1 Å². The van der Waals surface area contributed by atoms with Crippen LogP contribution in [-0.2, 0) is 20.7 Å². The molecule has 214 valence electrons. The lowest BCUT2D eigenvalue weighted by Gasteiger charge is -2.37. The van der Waals surface area contributed by atoms with Gasteiger partial charge in [-0.25, -0.2) is 4.79 Å². The summed E-state index contributed by atoms with van der Waals surface area (Å²) in [7, 11) is 0. The van der Waals surface area contributed by atoms with E-state index >= 15 is 0 Å². The van der Waals surface area contributed by atoms with Crippen molar-refractivity contribution in [2.24, 2.45) is 0 Å². The highest BCUT2D eigenvalue weighted by molar-refractivity contribution is 5.90. The summed E-state index contributed by atoms with van der Waals surface area (Å²) < 4.78 is 5.50. The van der Waals surface area contributed by atoms with Crippen LogP contribution in [0.3, 0.4) is 0 Å². The number of nitrogens with zero attached hydrogens (tertiary/aromatic N) is 1. The van der Waals surface area contributed by atoms with E-state index in [0.717, 1.165) is 30.0 Å². The molecule has 1 aliphatic rings. The Morgan fingerprint density at radius 1 is 0.833 bits per heavy atom. The zero-order chi connectivity index (χ0) is 29.6. The van der Waals surface area contributed by atoms with Gasteiger partial charge in [0.25, 0.3) is 5.91 Å². The van der Waals surface area contributed by atoms with Gasteiger partial charge in [-0.2, -0.15) is 0 Å². The number of phenolic OH excluding ortho intramolecular Hbond substituents is 4. The second kappa shape index (κ2) is 12.5. The SMILES string of the molecule is O=C(/C=C/c1ccc(O)c(O)c1)O[C@H](Cc1ccc(O)c(O)c1)C(=O)NC1CC(c2ccc(-c3ccncc3)cc2)C1. The highest BCUT2D eigenvalue weighted by atomic mass is 16.5. The van der Waals surface area contributed by atoms with Gasteiger partial charge in [-0.15, -0.1) is 0 Å². The molecule has 5 rings (SSSR count). The Labute approximate surface area is 242 Å². The molecule has 1 aromatic heterocycles. The van der Waals surface area contributed by atoms with Crippen molar-refractivity contribution < 1.29 is 34.8 Å².